The SMILES string of the molecule is COc1ccc2[nH]c3nc4ccnc(NCCCNCCCN)c4c(C)c3c2c1. The van der Waals surface area contributed by atoms with Crippen LogP contribution in [-0.4, -0.2) is 48.2 Å². The average Bonchev–Trinajstić information content (AvgIpc) is 3.10. The molecule has 0 spiro atoms. The molecular formula is C22H28N6O. The summed E-state index contributed by atoms with van der Waals surface area (Å²) in [6.45, 7) is 5.64. The lowest BCUT2D eigenvalue weighted by atomic mass is 10.0. The van der Waals surface area contributed by atoms with E-state index in [1.54, 1.807) is 7.11 Å². The summed E-state index contributed by atoms with van der Waals surface area (Å²) in [7, 11) is 1.69. The van der Waals surface area contributed by atoms with Crippen LogP contribution in [0.25, 0.3) is 32.8 Å². The number of pyridine rings is 2. The minimum absolute atomic E-state index is 0.728. The molecule has 3 aromatic heterocycles. The third kappa shape index (κ3) is 3.83. The van der Waals surface area contributed by atoms with E-state index in [1.807, 2.05) is 24.4 Å². The number of benzene rings is 1. The van der Waals surface area contributed by atoms with Gasteiger partial charge in [0.2, 0.25) is 0 Å². The third-order valence-electron chi connectivity index (χ3n) is 5.28. The number of aryl methyl sites for hydroxylation is 1. The first-order valence-corrected chi connectivity index (χ1v) is 10.1. The highest BCUT2D eigenvalue weighted by Gasteiger charge is 2.15. The zero-order valence-corrected chi connectivity index (χ0v) is 17.0. The van der Waals surface area contributed by atoms with Crippen molar-refractivity contribution in [3.8, 4) is 5.75 Å². The van der Waals surface area contributed by atoms with Gasteiger partial charge in [0.15, 0.2) is 0 Å². The Balaban J connectivity index is 1.66. The average molecular weight is 393 g/mol. The van der Waals surface area contributed by atoms with Gasteiger partial charge >= 0.3 is 0 Å². The Bertz CT molecular complexity index is 1140. The molecule has 0 saturated heterocycles. The molecule has 0 aliphatic rings. The topological polar surface area (TPSA) is 101 Å². The van der Waals surface area contributed by atoms with Crippen LogP contribution in [0.5, 0.6) is 5.75 Å². The van der Waals surface area contributed by atoms with Crippen LogP contribution in [0, 0.1) is 6.92 Å². The number of aromatic amines is 1. The maximum atomic E-state index is 5.52. The van der Waals surface area contributed by atoms with Crippen LogP contribution in [0.3, 0.4) is 0 Å². The standard InChI is InChI=1S/C22H28N6O/c1-14-19-16-13-15(29-2)5-6-17(16)27-22(19)28-18-7-12-26-21(20(14)18)25-11-4-10-24-9-3-8-23/h5-7,12-13,24H,3-4,8-11,23H2,1-2H3,(H,25,26)(H,27,28). The largest absolute Gasteiger partial charge is 0.497 e. The zero-order valence-electron chi connectivity index (χ0n) is 17.0. The molecular weight excluding hydrogens is 364 g/mol. The Kier molecular flexibility index (Phi) is 5.78. The Labute approximate surface area is 170 Å². The van der Waals surface area contributed by atoms with E-state index in [1.165, 1.54) is 5.56 Å². The molecule has 7 heteroatoms. The summed E-state index contributed by atoms with van der Waals surface area (Å²) < 4.78 is 5.42. The molecule has 1 aromatic carbocycles. The number of hydrogen-bond donors (Lipinski definition) is 4. The number of nitrogens with one attached hydrogen (secondary N) is 3. The summed E-state index contributed by atoms with van der Waals surface area (Å²) in [5.41, 5.74) is 9.57. The number of ether oxygens (including phenoxy) is 1. The Morgan fingerprint density at radius 1 is 1.10 bits per heavy atom. The maximum Gasteiger partial charge on any atom is 0.139 e. The van der Waals surface area contributed by atoms with Crippen molar-refractivity contribution >= 4 is 38.7 Å². The van der Waals surface area contributed by atoms with Crippen LogP contribution in [0.1, 0.15) is 18.4 Å². The predicted molar refractivity (Wildman–Crippen MR) is 120 cm³/mol. The molecule has 0 atom stereocenters. The Morgan fingerprint density at radius 3 is 2.79 bits per heavy atom. The number of hydrogen-bond acceptors (Lipinski definition) is 6. The van der Waals surface area contributed by atoms with Crippen LogP contribution in [0.15, 0.2) is 30.5 Å². The number of fused-ring (bicyclic) bond motifs is 4. The number of methoxy groups -OCH3 is 1. The van der Waals surface area contributed by atoms with Crippen LogP contribution >= 0.6 is 0 Å². The van der Waals surface area contributed by atoms with Crippen molar-refractivity contribution < 1.29 is 4.74 Å². The number of nitrogens with two attached hydrogens (primary N) is 1. The summed E-state index contributed by atoms with van der Waals surface area (Å²) in [4.78, 5) is 12.9. The van der Waals surface area contributed by atoms with Gasteiger partial charge < -0.3 is 26.1 Å². The first-order chi connectivity index (χ1) is 14.2. The first kappa shape index (κ1) is 19.4. The fourth-order valence-corrected chi connectivity index (χ4v) is 3.81. The van der Waals surface area contributed by atoms with E-state index in [2.05, 4.69) is 33.6 Å². The quantitative estimate of drug-likeness (QED) is 0.326. The highest BCUT2D eigenvalue weighted by atomic mass is 16.5. The van der Waals surface area contributed by atoms with E-state index in [0.717, 1.165) is 83.4 Å². The summed E-state index contributed by atoms with van der Waals surface area (Å²) in [5.74, 6) is 1.72. The molecule has 4 rings (SSSR count). The van der Waals surface area contributed by atoms with Crippen LogP contribution in [0.2, 0.25) is 0 Å². The molecule has 0 unspecified atom stereocenters. The van der Waals surface area contributed by atoms with Gasteiger partial charge in [-0.05, 0) is 69.2 Å². The molecule has 7 nitrogen and oxygen atoms in total. The minimum Gasteiger partial charge on any atom is -0.497 e. The van der Waals surface area contributed by atoms with Gasteiger partial charge in [-0.1, -0.05) is 0 Å². The van der Waals surface area contributed by atoms with E-state index < -0.39 is 0 Å². The number of aromatic nitrogens is 3. The second-order valence-corrected chi connectivity index (χ2v) is 7.22. The van der Waals surface area contributed by atoms with E-state index >= 15 is 0 Å². The Morgan fingerprint density at radius 2 is 1.97 bits per heavy atom. The molecule has 0 amide bonds. The van der Waals surface area contributed by atoms with Crippen molar-refractivity contribution in [1.29, 1.82) is 0 Å². The summed E-state index contributed by atoms with van der Waals surface area (Å²) in [5, 5.41) is 10.2. The smallest absolute Gasteiger partial charge is 0.139 e. The lowest BCUT2D eigenvalue weighted by Gasteiger charge is -2.11. The molecule has 0 aliphatic heterocycles. The molecule has 0 radical (unpaired) electrons. The molecule has 0 bridgehead atoms. The fraction of sp³-hybridized carbons (Fsp3) is 0.364. The van der Waals surface area contributed by atoms with Crippen molar-refractivity contribution in [3.05, 3.63) is 36.0 Å². The minimum atomic E-state index is 0.728. The fourth-order valence-electron chi connectivity index (χ4n) is 3.81. The van der Waals surface area contributed by atoms with Crippen LogP contribution in [0.4, 0.5) is 5.82 Å². The van der Waals surface area contributed by atoms with E-state index in [9.17, 15) is 0 Å². The second kappa shape index (κ2) is 8.63. The number of nitrogens with zero attached hydrogens (tertiary/aromatic N) is 2. The zero-order chi connectivity index (χ0) is 20.2. The van der Waals surface area contributed by atoms with Crippen molar-refractivity contribution in [1.82, 2.24) is 20.3 Å². The van der Waals surface area contributed by atoms with Crippen molar-refractivity contribution in [2.45, 2.75) is 19.8 Å². The predicted octanol–water partition coefficient (Wildman–Crippen LogP) is 3.32. The summed E-state index contributed by atoms with van der Waals surface area (Å²) in [6.07, 6.45) is 3.84. The lowest BCUT2D eigenvalue weighted by Crippen LogP contribution is -2.21. The Hall–Kier alpha value is -2.90. The highest BCUT2D eigenvalue weighted by molar-refractivity contribution is 6.13. The number of H-pyrrole nitrogens is 1. The van der Waals surface area contributed by atoms with Gasteiger partial charge in [0.05, 0.1) is 12.6 Å². The van der Waals surface area contributed by atoms with Crippen LogP contribution < -0.4 is 21.1 Å². The number of anilines is 1. The molecule has 4 aromatic rings. The van der Waals surface area contributed by atoms with Crippen molar-refractivity contribution in [3.63, 3.8) is 0 Å². The molecule has 3 heterocycles. The third-order valence-corrected chi connectivity index (χ3v) is 5.28. The van der Waals surface area contributed by atoms with Crippen molar-refractivity contribution in [2.75, 3.05) is 38.6 Å². The van der Waals surface area contributed by atoms with Gasteiger partial charge in [0.25, 0.3) is 0 Å². The molecule has 29 heavy (non-hydrogen) atoms. The summed E-state index contributed by atoms with van der Waals surface area (Å²) in [6, 6.07) is 8.02. The first-order valence-electron chi connectivity index (χ1n) is 10.1. The van der Waals surface area contributed by atoms with Gasteiger partial charge in [-0.15, -0.1) is 0 Å². The number of rotatable bonds is 9. The van der Waals surface area contributed by atoms with Gasteiger partial charge in [0, 0.05) is 34.4 Å². The van der Waals surface area contributed by atoms with E-state index in [-0.39, 0.29) is 0 Å². The highest BCUT2D eigenvalue weighted by Crippen LogP contribution is 2.35. The lowest BCUT2D eigenvalue weighted by molar-refractivity contribution is 0.415. The molecule has 0 fully saturated rings. The van der Waals surface area contributed by atoms with Gasteiger partial charge in [-0.3, -0.25) is 0 Å². The summed E-state index contributed by atoms with van der Waals surface area (Å²) >= 11 is 0. The van der Waals surface area contributed by atoms with Crippen LogP contribution in [-0.2, 0) is 0 Å². The molecule has 0 aliphatic carbocycles. The molecule has 5 N–H and O–H groups in total. The normalized spacial score (nSPS) is 11.6. The van der Waals surface area contributed by atoms with E-state index in [0.29, 0.717) is 0 Å². The second-order valence-electron chi connectivity index (χ2n) is 7.22. The van der Waals surface area contributed by atoms with Gasteiger partial charge in [0.1, 0.15) is 17.2 Å². The van der Waals surface area contributed by atoms with Crippen molar-refractivity contribution in [2.24, 2.45) is 5.73 Å². The van der Waals surface area contributed by atoms with Gasteiger partial charge in [-0.25, -0.2) is 9.97 Å². The van der Waals surface area contributed by atoms with E-state index in [4.69, 9.17) is 15.5 Å². The maximum absolute atomic E-state index is 5.52. The molecule has 152 valence electrons. The van der Waals surface area contributed by atoms with Gasteiger partial charge in [-0.2, -0.15) is 0 Å². The monoisotopic (exact) mass is 392 g/mol. The molecule has 0 saturated carbocycles.